The monoisotopic (exact) mass is 485 g/mol. The van der Waals surface area contributed by atoms with Gasteiger partial charge in [-0.05, 0) is 37.0 Å². The maximum absolute atomic E-state index is 13.3. The van der Waals surface area contributed by atoms with Gasteiger partial charge in [-0.3, -0.25) is 9.36 Å². The summed E-state index contributed by atoms with van der Waals surface area (Å²) in [5.41, 5.74) is 1.52. The molecule has 2 aromatic carbocycles. The third-order valence-electron chi connectivity index (χ3n) is 6.42. The van der Waals surface area contributed by atoms with Gasteiger partial charge in [0.25, 0.3) is 0 Å². The molecule has 34 heavy (non-hydrogen) atoms. The van der Waals surface area contributed by atoms with Gasteiger partial charge >= 0.3 is 5.76 Å². The van der Waals surface area contributed by atoms with E-state index in [0.717, 1.165) is 44.1 Å². The Hall–Kier alpha value is -2.91. The van der Waals surface area contributed by atoms with Crippen LogP contribution in [-0.4, -0.2) is 31.0 Å². The molecule has 8 nitrogen and oxygen atoms in total. The summed E-state index contributed by atoms with van der Waals surface area (Å²) in [6.45, 7) is 0. The quantitative estimate of drug-likeness (QED) is 0.534. The van der Waals surface area contributed by atoms with Crippen molar-refractivity contribution in [1.29, 1.82) is 0 Å². The highest BCUT2D eigenvalue weighted by atomic mass is 32.2. The summed E-state index contributed by atoms with van der Waals surface area (Å²) in [6, 6.07) is 12.6. The molecule has 1 aliphatic carbocycles. The number of carbonyl (C=O) groups excluding carboxylic acids is 1. The van der Waals surface area contributed by atoms with E-state index in [-0.39, 0.29) is 28.8 Å². The molecule has 182 valence electrons. The molecule has 4 rings (SSSR count). The summed E-state index contributed by atoms with van der Waals surface area (Å²) in [5.74, 6) is -0.900. The van der Waals surface area contributed by atoms with Gasteiger partial charge in [-0.2, -0.15) is 4.72 Å². The zero-order chi connectivity index (χ0) is 24.1. The van der Waals surface area contributed by atoms with E-state index in [1.54, 1.807) is 7.05 Å². The number of oxazole rings is 1. The second-order valence-corrected chi connectivity index (χ2v) is 10.7. The smallest absolute Gasteiger partial charge is 0.408 e. The first-order chi connectivity index (χ1) is 16.3. The van der Waals surface area contributed by atoms with Crippen LogP contribution in [0.15, 0.2) is 62.6 Å². The van der Waals surface area contributed by atoms with Crippen molar-refractivity contribution in [2.24, 2.45) is 7.05 Å². The lowest BCUT2D eigenvalue weighted by Gasteiger charge is -2.25. The molecule has 1 fully saturated rings. The molecule has 1 heterocycles. The SMILES string of the molecule is Cn1c(=O)oc2cc(S(=O)(=O)N[C@@H](Cc3ccccc3)C(=O)NC3CCCCCCC3)ccc21. The second kappa shape index (κ2) is 10.6. The summed E-state index contributed by atoms with van der Waals surface area (Å²) in [5, 5.41) is 3.09. The number of aromatic nitrogens is 1. The highest BCUT2D eigenvalue weighted by Crippen LogP contribution is 2.20. The van der Waals surface area contributed by atoms with Crippen molar-refractivity contribution in [3.8, 4) is 0 Å². The molecule has 0 unspecified atom stereocenters. The zero-order valence-electron chi connectivity index (χ0n) is 19.3. The number of carbonyl (C=O) groups is 1. The summed E-state index contributed by atoms with van der Waals surface area (Å²) >= 11 is 0. The molecule has 0 bridgehead atoms. The first-order valence-corrected chi connectivity index (χ1v) is 13.3. The number of sulfonamides is 1. The Morgan fingerprint density at radius 2 is 1.74 bits per heavy atom. The number of rotatable bonds is 7. The zero-order valence-corrected chi connectivity index (χ0v) is 20.1. The lowest BCUT2D eigenvalue weighted by molar-refractivity contribution is -0.123. The first-order valence-electron chi connectivity index (χ1n) is 11.8. The van der Waals surface area contributed by atoms with Crippen LogP contribution < -0.4 is 15.8 Å². The van der Waals surface area contributed by atoms with Crippen molar-refractivity contribution >= 4 is 27.0 Å². The standard InChI is InChI=1S/C25H31N3O5S/c1-28-22-15-14-20(17-23(22)33-25(28)30)34(31,32)27-21(16-18-10-6-5-7-11-18)24(29)26-19-12-8-3-2-4-9-13-19/h5-7,10-11,14-15,17,19,21,27H,2-4,8-9,12-13,16H2,1H3,(H,26,29)/t21-/m0/s1. The fourth-order valence-electron chi connectivity index (χ4n) is 4.48. The highest BCUT2D eigenvalue weighted by Gasteiger charge is 2.28. The van der Waals surface area contributed by atoms with Gasteiger partial charge in [0, 0.05) is 19.2 Å². The van der Waals surface area contributed by atoms with Crippen LogP contribution >= 0.6 is 0 Å². The number of hydrogen-bond acceptors (Lipinski definition) is 5. The van der Waals surface area contributed by atoms with Crippen LogP contribution in [0.1, 0.15) is 50.5 Å². The molecule has 0 spiro atoms. The van der Waals surface area contributed by atoms with E-state index in [2.05, 4.69) is 10.0 Å². The van der Waals surface area contributed by atoms with Crippen LogP contribution in [0.2, 0.25) is 0 Å². The van der Waals surface area contributed by atoms with Crippen molar-refractivity contribution in [2.45, 2.75) is 68.3 Å². The fourth-order valence-corrected chi connectivity index (χ4v) is 5.69. The molecule has 0 radical (unpaired) electrons. The van der Waals surface area contributed by atoms with Gasteiger partial charge in [0.1, 0.15) is 6.04 Å². The number of benzene rings is 2. The average molecular weight is 486 g/mol. The summed E-state index contributed by atoms with van der Waals surface area (Å²) in [6.07, 6.45) is 7.69. The highest BCUT2D eigenvalue weighted by molar-refractivity contribution is 7.89. The number of aryl methyl sites for hydroxylation is 1. The maximum atomic E-state index is 13.3. The minimum atomic E-state index is -4.06. The van der Waals surface area contributed by atoms with E-state index in [4.69, 9.17) is 4.42 Å². The number of fused-ring (bicyclic) bond motifs is 1. The Bertz CT molecular complexity index is 1290. The van der Waals surface area contributed by atoms with Gasteiger partial charge in [-0.1, -0.05) is 62.4 Å². The minimum Gasteiger partial charge on any atom is -0.408 e. The van der Waals surface area contributed by atoms with E-state index < -0.39 is 21.8 Å². The number of amides is 1. The molecule has 1 aromatic heterocycles. The van der Waals surface area contributed by atoms with Crippen molar-refractivity contribution < 1.29 is 17.6 Å². The van der Waals surface area contributed by atoms with Crippen molar-refractivity contribution in [1.82, 2.24) is 14.6 Å². The molecular formula is C25H31N3O5S. The number of hydrogen-bond donors (Lipinski definition) is 2. The van der Waals surface area contributed by atoms with Crippen LogP contribution in [-0.2, 0) is 28.3 Å². The molecule has 2 N–H and O–H groups in total. The first kappa shape index (κ1) is 24.2. The lowest BCUT2D eigenvalue weighted by atomic mass is 9.96. The molecule has 1 atom stereocenters. The Kier molecular flexibility index (Phi) is 7.53. The maximum Gasteiger partial charge on any atom is 0.419 e. The Balaban J connectivity index is 1.57. The Morgan fingerprint density at radius 3 is 2.44 bits per heavy atom. The third kappa shape index (κ3) is 5.77. The molecule has 9 heteroatoms. The molecule has 1 aliphatic rings. The van der Waals surface area contributed by atoms with E-state index in [1.165, 1.54) is 29.2 Å². The van der Waals surface area contributed by atoms with E-state index in [0.29, 0.717) is 5.52 Å². The van der Waals surface area contributed by atoms with Gasteiger partial charge in [-0.25, -0.2) is 13.2 Å². The summed E-state index contributed by atoms with van der Waals surface area (Å²) < 4.78 is 35.5. The normalized spacial score (nSPS) is 16.6. The molecular weight excluding hydrogens is 454 g/mol. The Morgan fingerprint density at radius 1 is 1.06 bits per heavy atom. The lowest BCUT2D eigenvalue weighted by Crippen LogP contribution is -2.50. The summed E-state index contributed by atoms with van der Waals surface area (Å²) in [7, 11) is -2.50. The minimum absolute atomic E-state index is 0.0468. The number of nitrogens with zero attached hydrogens (tertiary/aromatic N) is 1. The van der Waals surface area contributed by atoms with Crippen molar-refractivity contribution in [3.63, 3.8) is 0 Å². The largest absolute Gasteiger partial charge is 0.419 e. The van der Waals surface area contributed by atoms with E-state index >= 15 is 0 Å². The molecule has 3 aromatic rings. The predicted octanol–water partition coefficient (Wildman–Crippen LogP) is 3.25. The van der Waals surface area contributed by atoms with Gasteiger partial charge in [-0.15, -0.1) is 0 Å². The summed E-state index contributed by atoms with van der Waals surface area (Å²) in [4.78, 5) is 25.0. The molecule has 0 saturated heterocycles. The number of nitrogens with one attached hydrogen (secondary N) is 2. The molecule has 0 aliphatic heterocycles. The van der Waals surface area contributed by atoms with E-state index in [9.17, 15) is 18.0 Å². The second-order valence-electron chi connectivity index (χ2n) is 8.97. The van der Waals surface area contributed by atoms with E-state index in [1.807, 2.05) is 30.3 Å². The average Bonchev–Trinajstić information content (AvgIpc) is 3.08. The van der Waals surface area contributed by atoms with Crippen LogP contribution in [0.4, 0.5) is 0 Å². The van der Waals surface area contributed by atoms with Gasteiger partial charge < -0.3 is 9.73 Å². The fraction of sp³-hybridized carbons (Fsp3) is 0.440. The third-order valence-corrected chi connectivity index (χ3v) is 7.89. The van der Waals surface area contributed by atoms with Gasteiger partial charge in [0.2, 0.25) is 15.9 Å². The predicted molar refractivity (Wildman–Crippen MR) is 130 cm³/mol. The molecule has 1 saturated carbocycles. The van der Waals surface area contributed by atoms with Crippen molar-refractivity contribution in [2.75, 3.05) is 0 Å². The topological polar surface area (TPSA) is 110 Å². The van der Waals surface area contributed by atoms with Crippen LogP contribution in [0.5, 0.6) is 0 Å². The van der Waals surface area contributed by atoms with Crippen LogP contribution in [0, 0.1) is 0 Å². The van der Waals surface area contributed by atoms with Crippen LogP contribution in [0.3, 0.4) is 0 Å². The van der Waals surface area contributed by atoms with Gasteiger partial charge in [0.15, 0.2) is 5.58 Å². The van der Waals surface area contributed by atoms with Crippen molar-refractivity contribution in [3.05, 3.63) is 64.6 Å². The molecule has 1 amide bonds. The Labute approximate surface area is 199 Å². The van der Waals surface area contributed by atoms with Crippen LogP contribution in [0.25, 0.3) is 11.1 Å². The van der Waals surface area contributed by atoms with Gasteiger partial charge in [0.05, 0.1) is 10.4 Å².